The SMILES string of the molecule is CN(C)C(=O)c1cc2c(s1)CCC2. The molecule has 0 saturated carbocycles. The van der Waals surface area contributed by atoms with E-state index >= 15 is 0 Å². The van der Waals surface area contributed by atoms with Gasteiger partial charge in [0.15, 0.2) is 0 Å². The van der Waals surface area contributed by atoms with Crippen LogP contribution in [0.2, 0.25) is 0 Å². The predicted octanol–water partition coefficient (Wildman–Crippen LogP) is 1.94. The summed E-state index contributed by atoms with van der Waals surface area (Å²) in [7, 11) is 3.60. The van der Waals surface area contributed by atoms with E-state index in [4.69, 9.17) is 0 Å². The lowest BCUT2D eigenvalue weighted by atomic mass is 10.2. The van der Waals surface area contributed by atoms with Gasteiger partial charge in [0.05, 0.1) is 4.88 Å². The van der Waals surface area contributed by atoms with Crippen LogP contribution in [0.1, 0.15) is 26.5 Å². The number of carbonyl (C=O) groups excluding carboxylic acids is 1. The smallest absolute Gasteiger partial charge is 0.263 e. The van der Waals surface area contributed by atoms with Crippen LogP contribution in [0.5, 0.6) is 0 Å². The lowest BCUT2D eigenvalue weighted by Crippen LogP contribution is -2.20. The number of aryl methyl sites for hydroxylation is 2. The van der Waals surface area contributed by atoms with Crippen molar-refractivity contribution in [3.05, 3.63) is 21.4 Å². The van der Waals surface area contributed by atoms with Gasteiger partial charge in [0.25, 0.3) is 5.91 Å². The van der Waals surface area contributed by atoms with E-state index in [1.165, 1.54) is 23.3 Å². The van der Waals surface area contributed by atoms with Gasteiger partial charge in [-0.25, -0.2) is 0 Å². The molecule has 1 amide bonds. The van der Waals surface area contributed by atoms with E-state index in [1.807, 2.05) is 0 Å². The van der Waals surface area contributed by atoms with E-state index in [2.05, 4.69) is 6.07 Å². The Labute approximate surface area is 82.2 Å². The first kappa shape index (κ1) is 8.75. The summed E-state index contributed by atoms with van der Waals surface area (Å²) in [5.41, 5.74) is 1.40. The van der Waals surface area contributed by atoms with Gasteiger partial charge in [-0.1, -0.05) is 0 Å². The molecule has 0 unspecified atom stereocenters. The maximum absolute atomic E-state index is 11.6. The van der Waals surface area contributed by atoms with Crippen LogP contribution in [0.15, 0.2) is 6.07 Å². The summed E-state index contributed by atoms with van der Waals surface area (Å²) in [6, 6.07) is 2.06. The zero-order valence-corrected chi connectivity index (χ0v) is 8.78. The van der Waals surface area contributed by atoms with E-state index < -0.39 is 0 Å². The molecule has 1 heterocycles. The Kier molecular flexibility index (Phi) is 2.12. The standard InChI is InChI=1S/C10H13NOS/c1-11(2)10(12)9-6-7-4-3-5-8(7)13-9/h6H,3-5H2,1-2H3. The van der Waals surface area contributed by atoms with Crippen LogP contribution in [-0.2, 0) is 12.8 Å². The summed E-state index contributed by atoms with van der Waals surface area (Å²) in [4.78, 5) is 15.5. The molecule has 0 aromatic carbocycles. The monoisotopic (exact) mass is 195 g/mol. The van der Waals surface area contributed by atoms with Gasteiger partial charge in [-0.3, -0.25) is 4.79 Å². The normalized spacial score (nSPS) is 14.3. The van der Waals surface area contributed by atoms with Crippen molar-refractivity contribution >= 4 is 17.2 Å². The number of hydrogen-bond acceptors (Lipinski definition) is 2. The molecule has 0 fully saturated rings. The van der Waals surface area contributed by atoms with Crippen molar-refractivity contribution in [2.45, 2.75) is 19.3 Å². The summed E-state index contributed by atoms with van der Waals surface area (Å²) in [6.45, 7) is 0. The van der Waals surface area contributed by atoms with Crippen molar-refractivity contribution < 1.29 is 4.79 Å². The Bertz CT molecular complexity index is 319. The summed E-state index contributed by atoms with van der Waals surface area (Å²) >= 11 is 1.67. The fourth-order valence-corrected chi connectivity index (χ4v) is 2.93. The minimum absolute atomic E-state index is 0.138. The fourth-order valence-electron chi connectivity index (χ4n) is 1.65. The van der Waals surface area contributed by atoms with Gasteiger partial charge in [-0.15, -0.1) is 11.3 Å². The Morgan fingerprint density at radius 1 is 1.46 bits per heavy atom. The van der Waals surface area contributed by atoms with Crippen molar-refractivity contribution in [1.82, 2.24) is 4.90 Å². The van der Waals surface area contributed by atoms with Crippen molar-refractivity contribution in [3.63, 3.8) is 0 Å². The molecule has 2 nitrogen and oxygen atoms in total. The highest BCUT2D eigenvalue weighted by molar-refractivity contribution is 7.14. The maximum atomic E-state index is 11.6. The first-order chi connectivity index (χ1) is 6.18. The van der Waals surface area contributed by atoms with Crippen molar-refractivity contribution in [2.24, 2.45) is 0 Å². The fraction of sp³-hybridized carbons (Fsp3) is 0.500. The van der Waals surface area contributed by atoms with Crippen molar-refractivity contribution in [3.8, 4) is 0 Å². The van der Waals surface area contributed by atoms with Gasteiger partial charge in [-0.05, 0) is 30.9 Å². The molecule has 70 valence electrons. The minimum atomic E-state index is 0.138. The summed E-state index contributed by atoms with van der Waals surface area (Å²) in [5.74, 6) is 0.138. The van der Waals surface area contributed by atoms with Crippen LogP contribution >= 0.6 is 11.3 Å². The molecular formula is C10H13NOS. The molecule has 1 aromatic rings. The van der Waals surface area contributed by atoms with Crippen molar-refractivity contribution in [2.75, 3.05) is 14.1 Å². The highest BCUT2D eigenvalue weighted by Gasteiger charge is 2.18. The van der Waals surface area contributed by atoms with Gasteiger partial charge >= 0.3 is 0 Å². The second-order valence-corrected chi connectivity index (χ2v) is 4.75. The van der Waals surface area contributed by atoms with Gasteiger partial charge in [0, 0.05) is 19.0 Å². The first-order valence-corrected chi connectivity index (χ1v) is 5.33. The lowest BCUT2D eigenvalue weighted by Gasteiger charge is -2.07. The Balaban J connectivity index is 2.28. The Morgan fingerprint density at radius 2 is 2.23 bits per heavy atom. The van der Waals surface area contributed by atoms with E-state index in [1.54, 1.807) is 30.3 Å². The van der Waals surface area contributed by atoms with Gasteiger partial charge in [0.1, 0.15) is 0 Å². The molecule has 2 rings (SSSR count). The molecule has 0 atom stereocenters. The molecule has 0 aliphatic heterocycles. The molecule has 1 aliphatic rings. The van der Waals surface area contributed by atoms with Crippen LogP contribution in [-0.4, -0.2) is 24.9 Å². The summed E-state index contributed by atoms with van der Waals surface area (Å²) < 4.78 is 0. The van der Waals surface area contributed by atoms with Crippen LogP contribution in [0.3, 0.4) is 0 Å². The minimum Gasteiger partial charge on any atom is -0.344 e. The van der Waals surface area contributed by atoms with Crippen LogP contribution in [0.25, 0.3) is 0 Å². The largest absolute Gasteiger partial charge is 0.344 e. The molecule has 0 spiro atoms. The first-order valence-electron chi connectivity index (χ1n) is 4.51. The third-order valence-electron chi connectivity index (χ3n) is 2.36. The highest BCUT2D eigenvalue weighted by Crippen LogP contribution is 2.30. The van der Waals surface area contributed by atoms with Gasteiger partial charge in [0.2, 0.25) is 0 Å². The average molecular weight is 195 g/mol. The second-order valence-electron chi connectivity index (χ2n) is 3.61. The van der Waals surface area contributed by atoms with E-state index in [-0.39, 0.29) is 5.91 Å². The summed E-state index contributed by atoms with van der Waals surface area (Å²) in [5, 5.41) is 0. The molecule has 0 N–H and O–H groups in total. The summed E-state index contributed by atoms with van der Waals surface area (Å²) in [6.07, 6.45) is 3.59. The molecule has 1 aromatic heterocycles. The average Bonchev–Trinajstić information content (AvgIpc) is 2.59. The zero-order chi connectivity index (χ0) is 9.42. The number of hydrogen-bond donors (Lipinski definition) is 0. The zero-order valence-electron chi connectivity index (χ0n) is 7.96. The molecule has 1 aliphatic carbocycles. The topological polar surface area (TPSA) is 20.3 Å². The van der Waals surface area contributed by atoms with Gasteiger partial charge in [-0.2, -0.15) is 0 Å². The van der Waals surface area contributed by atoms with Gasteiger partial charge < -0.3 is 4.90 Å². The molecule has 3 heteroatoms. The second kappa shape index (κ2) is 3.14. The molecule has 0 saturated heterocycles. The Hall–Kier alpha value is -0.830. The number of thiophene rings is 1. The number of amides is 1. The third-order valence-corrected chi connectivity index (χ3v) is 3.59. The predicted molar refractivity (Wildman–Crippen MR) is 54.4 cm³/mol. The van der Waals surface area contributed by atoms with E-state index in [0.717, 1.165) is 11.3 Å². The van der Waals surface area contributed by atoms with Crippen LogP contribution in [0, 0.1) is 0 Å². The highest BCUT2D eigenvalue weighted by atomic mass is 32.1. The third kappa shape index (κ3) is 1.48. The molecule has 0 bridgehead atoms. The number of nitrogens with zero attached hydrogens (tertiary/aromatic N) is 1. The number of carbonyl (C=O) groups is 1. The van der Waals surface area contributed by atoms with E-state index in [0.29, 0.717) is 0 Å². The van der Waals surface area contributed by atoms with E-state index in [9.17, 15) is 4.79 Å². The Morgan fingerprint density at radius 3 is 2.85 bits per heavy atom. The number of rotatable bonds is 1. The molecule has 13 heavy (non-hydrogen) atoms. The quantitative estimate of drug-likeness (QED) is 0.670. The maximum Gasteiger partial charge on any atom is 0.263 e. The lowest BCUT2D eigenvalue weighted by molar-refractivity contribution is 0.0832. The number of fused-ring (bicyclic) bond motifs is 1. The molecular weight excluding hydrogens is 182 g/mol. The van der Waals surface area contributed by atoms with Crippen LogP contribution < -0.4 is 0 Å². The van der Waals surface area contributed by atoms with Crippen LogP contribution in [0.4, 0.5) is 0 Å². The molecule has 0 radical (unpaired) electrons. The van der Waals surface area contributed by atoms with Crippen molar-refractivity contribution in [1.29, 1.82) is 0 Å².